The molecule has 2 aromatic rings. The van der Waals surface area contributed by atoms with Gasteiger partial charge in [-0.2, -0.15) is 0 Å². The summed E-state index contributed by atoms with van der Waals surface area (Å²) >= 11 is 5.85. The number of benzene rings is 1. The maximum absolute atomic E-state index is 12.4. The van der Waals surface area contributed by atoms with Crippen LogP contribution in [0.3, 0.4) is 0 Å². The van der Waals surface area contributed by atoms with Crippen LogP contribution >= 0.6 is 11.6 Å². The standard InChI is InChI=1S/C16H16ClN3O3/c1-3-16(15(22)23,11-4-6-12(17)7-5-11)20-14(21)13-8-9-18-10(2)19-13/h4-9H,3H2,1-2H3,(H,20,21)(H,22,23). The van der Waals surface area contributed by atoms with Crippen molar-refractivity contribution in [3.8, 4) is 0 Å². The molecule has 1 unspecified atom stereocenters. The highest BCUT2D eigenvalue weighted by Gasteiger charge is 2.40. The molecule has 1 aromatic heterocycles. The van der Waals surface area contributed by atoms with E-state index in [2.05, 4.69) is 15.3 Å². The lowest BCUT2D eigenvalue weighted by atomic mass is 9.87. The van der Waals surface area contributed by atoms with Gasteiger partial charge in [0, 0.05) is 11.2 Å². The van der Waals surface area contributed by atoms with Crippen molar-refractivity contribution in [3.63, 3.8) is 0 Å². The second kappa shape index (κ2) is 6.75. The Morgan fingerprint density at radius 2 is 1.91 bits per heavy atom. The van der Waals surface area contributed by atoms with Gasteiger partial charge in [-0.15, -0.1) is 0 Å². The van der Waals surface area contributed by atoms with E-state index in [1.165, 1.54) is 12.3 Å². The monoisotopic (exact) mass is 333 g/mol. The minimum absolute atomic E-state index is 0.116. The average molecular weight is 334 g/mol. The summed E-state index contributed by atoms with van der Waals surface area (Å²) in [4.78, 5) is 32.3. The molecule has 0 bridgehead atoms. The predicted molar refractivity (Wildman–Crippen MR) is 85.3 cm³/mol. The van der Waals surface area contributed by atoms with Gasteiger partial charge in [0.2, 0.25) is 0 Å². The van der Waals surface area contributed by atoms with E-state index in [1.807, 2.05) is 0 Å². The number of hydrogen-bond donors (Lipinski definition) is 2. The number of nitrogens with zero attached hydrogens (tertiary/aromatic N) is 2. The number of carbonyl (C=O) groups is 2. The average Bonchev–Trinajstić information content (AvgIpc) is 2.53. The SMILES string of the molecule is CCC(NC(=O)c1ccnc(C)n1)(C(=O)O)c1ccc(Cl)cc1. The van der Waals surface area contributed by atoms with E-state index in [0.717, 1.165) is 0 Å². The first kappa shape index (κ1) is 16.9. The largest absolute Gasteiger partial charge is 0.479 e. The molecule has 1 heterocycles. The van der Waals surface area contributed by atoms with Crippen LogP contribution in [0.25, 0.3) is 0 Å². The molecule has 6 nitrogen and oxygen atoms in total. The summed E-state index contributed by atoms with van der Waals surface area (Å²) in [6.07, 6.45) is 1.62. The van der Waals surface area contributed by atoms with Crippen molar-refractivity contribution in [1.82, 2.24) is 15.3 Å². The van der Waals surface area contributed by atoms with Gasteiger partial charge in [0.05, 0.1) is 0 Å². The molecule has 2 N–H and O–H groups in total. The second-order valence-electron chi connectivity index (χ2n) is 5.01. The van der Waals surface area contributed by atoms with E-state index < -0.39 is 17.4 Å². The van der Waals surface area contributed by atoms with Crippen LogP contribution in [-0.4, -0.2) is 27.0 Å². The van der Waals surface area contributed by atoms with Crippen LogP contribution < -0.4 is 5.32 Å². The lowest BCUT2D eigenvalue weighted by molar-refractivity contribution is -0.145. The third-order valence-corrected chi connectivity index (χ3v) is 3.82. The van der Waals surface area contributed by atoms with E-state index >= 15 is 0 Å². The molecule has 7 heteroatoms. The molecule has 1 atom stereocenters. The molecule has 0 saturated carbocycles. The van der Waals surface area contributed by atoms with Crippen molar-refractivity contribution in [2.75, 3.05) is 0 Å². The fourth-order valence-electron chi connectivity index (χ4n) is 2.27. The highest BCUT2D eigenvalue weighted by Crippen LogP contribution is 2.27. The van der Waals surface area contributed by atoms with Gasteiger partial charge in [0.25, 0.3) is 5.91 Å². The number of aryl methyl sites for hydroxylation is 1. The Bertz CT molecular complexity index is 734. The fraction of sp³-hybridized carbons (Fsp3) is 0.250. The molecule has 1 aromatic carbocycles. The van der Waals surface area contributed by atoms with Gasteiger partial charge < -0.3 is 10.4 Å². The van der Waals surface area contributed by atoms with Crippen LogP contribution in [0.2, 0.25) is 5.02 Å². The molecule has 0 aliphatic heterocycles. The third-order valence-electron chi connectivity index (χ3n) is 3.57. The Kier molecular flexibility index (Phi) is 4.95. The zero-order valence-corrected chi connectivity index (χ0v) is 13.5. The highest BCUT2D eigenvalue weighted by molar-refractivity contribution is 6.30. The first-order chi connectivity index (χ1) is 10.9. The van der Waals surface area contributed by atoms with Crippen LogP contribution in [0.5, 0.6) is 0 Å². The van der Waals surface area contributed by atoms with Crippen LogP contribution in [0.15, 0.2) is 36.5 Å². The molecular formula is C16H16ClN3O3. The van der Waals surface area contributed by atoms with Crippen molar-refractivity contribution in [2.24, 2.45) is 0 Å². The molecule has 1 amide bonds. The smallest absolute Gasteiger partial charge is 0.334 e. The Morgan fingerprint density at radius 1 is 1.26 bits per heavy atom. The van der Waals surface area contributed by atoms with E-state index in [4.69, 9.17) is 11.6 Å². The predicted octanol–water partition coefficient (Wildman–Crippen LogP) is 2.56. The summed E-state index contributed by atoms with van der Waals surface area (Å²) in [6, 6.07) is 7.79. The molecule has 23 heavy (non-hydrogen) atoms. The summed E-state index contributed by atoms with van der Waals surface area (Å²) in [5.74, 6) is -1.29. The van der Waals surface area contributed by atoms with E-state index in [0.29, 0.717) is 16.4 Å². The normalized spacial score (nSPS) is 13.2. The van der Waals surface area contributed by atoms with E-state index in [1.54, 1.807) is 38.1 Å². The summed E-state index contributed by atoms with van der Waals surface area (Å²) in [6.45, 7) is 3.34. The first-order valence-electron chi connectivity index (χ1n) is 7.00. The minimum Gasteiger partial charge on any atom is -0.479 e. The van der Waals surface area contributed by atoms with Crippen molar-refractivity contribution in [1.29, 1.82) is 0 Å². The number of carbonyl (C=O) groups excluding carboxylic acids is 1. The summed E-state index contributed by atoms with van der Waals surface area (Å²) in [5.41, 5.74) is -0.998. The lowest BCUT2D eigenvalue weighted by Gasteiger charge is -2.30. The van der Waals surface area contributed by atoms with Gasteiger partial charge in [0.1, 0.15) is 11.5 Å². The molecule has 0 saturated heterocycles. The summed E-state index contributed by atoms with van der Waals surface area (Å²) in [7, 11) is 0. The quantitative estimate of drug-likeness (QED) is 0.877. The van der Waals surface area contributed by atoms with Crippen molar-refractivity contribution < 1.29 is 14.7 Å². The Morgan fingerprint density at radius 3 is 2.43 bits per heavy atom. The maximum Gasteiger partial charge on any atom is 0.334 e. The maximum atomic E-state index is 12.4. The summed E-state index contributed by atoms with van der Waals surface area (Å²) in [5, 5.41) is 12.8. The number of nitrogens with one attached hydrogen (secondary N) is 1. The molecule has 0 fully saturated rings. The van der Waals surface area contributed by atoms with Crippen LogP contribution in [-0.2, 0) is 10.3 Å². The Balaban J connectivity index is 2.41. The number of carboxylic acid groups (broad SMARTS) is 1. The van der Waals surface area contributed by atoms with Gasteiger partial charge in [-0.05, 0) is 37.1 Å². The number of carboxylic acids is 1. The number of rotatable bonds is 5. The summed E-state index contributed by atoms with van der Waals surface area (Å²) < 4.78 is 0. The number of aliphatic carboxylic acids is 1. The zero-order valence-electron chi connectivity index (χ0n) is 12.7. The van der Waals surface area contributed by atoms with Gasteiger partial charge in [-0.1, -0.05) is 30.7 Å². The molecule has 120 valence electrons. The number of halogens is 1. The molecule has 0 spiro atoms. The van der Waals surface area contributed by atoms with Crippen LogP contribution in [0, 0.1) is 6.92 Å². The lowest BCUT2D eigenvalue weighted by Crippen LogP contribution is -2.51. The number of hydrogen-bond acceptors (Lipinski definition) is 4. The topological polar surface area (TPSA) is 92.2 Å². The third kappa shape index (κ3) is 3.48. The van der Waals surface area contributed by atoms with Crippen LogP contribution in [0.4, 0.5) is 0 Å². The van der Waals surface area contributed by atoms with E-state index in [-0.39, 0.29) is 12.1 Å². The van der Waals surface area contributed by atoms with E-state index in [9.17, 15) is 14.7 Å². The second-order valence-corrected chi connectivity index (χ2v) is 5.45. The Labute approximate surface area is 138 Å². The first-order valence-corrected chi connectivity index (χ1v) is 7.38. The van der Waals surface area contributed by atoms with Gasteiger partial charge in [-0.3, -0.25) is 4.79 Å². The Hall–Kier alpha value is -2.47. The van der Waals surface area contributed by atoms with Crippen molar-refractivity contribution >= 4 is 23.5 Å². The molecular weight excluding hydrogens is 318 g/mol. The molecule has 0 aliphatic rings. The van der Waals surface area contributed by atoms with Gasteiger partial charge in [0.15, 0.2) is 5.54 Å². The highest BCUT2D eigenvalue weighted by atomic mass is 35.5. The molecule has 0 radical (unpaired) electrons. The van der Waals surface area contributed by atoms with Crippen LogP contribution in [0.1, 0.15) is 35.2 Å². The zero-order chi connectivity index (χ0) is 17.0. The number of aromatic nitrogens is 2. The van der Waals surface area contributed by atoms with Crippen molar-refractivity contribution in [2.45, 2.75) is 25.8 Å². The van der Waals surface area contributed by atoms with Gasteiger partial charge >= 0.3 is 5.97 Å². The van der Waals surface area contributed by atoms with Crippen molar-refractivity contribution in [3.05, 3.63) is 58.6 Å². The fourth-order valence-corrected chi connectivity index (χ4v) is 2.39. The van der Waals surface area contributed by atoms with Gasteiger partial charge in [-0.25, -0.2) is 14.8 Å². The molecule has 0 aliphatic carbocycles. The molecule has 2 rings (SSSR count). The number of amides is 1. The minimum atomic E-state index is -1.56.